The number of carbonyl (C=O) groups is 1. The van der Waals surface area contributed by atoms with Crippen molar-refractivity contribution in [1.29, 1.82) is 0 Å². The van der Waals surface area contributed by atoms with Crippen LogP contribution in [0.15, 0.2) is 48.5 Å². The molecular weight excluding hydrogens is 356 g/mol. The third-order valence-corrected chi connectivity index (χ3v) is 4.26. The Labute approximate surface area is 167 Å². The molecule has 0 spiro atoms. The van der Waals surface area contributed by atoms with Crippen molar-refractivity contribution >= 4 is 5.91 Å². The Morgan fingerprint density at radius 2 is 1.71 bits per heavy atom. The van der Waals surface area contributed by atoms with E-state index in [1.54, 1.807) is 19.2 Å². The van der Waals surface area contributed by atoms with E-state index in [0.717, 1.165) is 23.5 Å². The third kappa shape index (κ3) is 6.78. The van der Waals surface area contributed by atoms with Crippen LogP contribution >= 0.6 is 0 Å². The molecule has 152 valence electrons. The van der Waals surface area contributed by atoms with E-state index >= 15 is 0 Å². The summed E-state index contributed by atoms with van der Waals surface area (Å²) in [6.45, 7) is 3.19. The van der Waals surface area contributed by atoms with E-state index in [2.05, 4.69) is 17.1 Å². The Bertz CT molecular complexity index is 732. The summed E-state index contributed by atoms with van der Waals surface area (Å²) in [6.07, 6.45) is 0.960. The number of methoxy groups -OCH3 is 1. The summed E-state index contributed by atoms with van der Waals surface area (Å²) in [5, 5.41) is 2.94. The second-order valence-corrected chi connectivity index (χ2v) is 6.67. The number of hydrogen-bond acceptors (Lipinski definition) is 5. The lowest BCUT2D eigenvalue weighted by atomic mass is 10.1. The van der Waals surface area contributed by atoms with Crippen LogP contribution in [-0.4, -0.2) is 51.8 Å². The number of ether oxygens (including phenoxy) is 3. The fraction of sp³-hybridized carbons (Fsp3) is 0.409. The molecule has 6 nitrogen and oxygen atoms in total. The van der Waals surface area contributed by atoms with Crippen LogP contribution in [0.4, 0.5) is 0 Å². The van der Waals surface area contributed by atoms with E-state index in [0.29, 0.717) is 18.9 Å². The fourth-order valence-corrected chi connectivity index (χ4v) is 2.71. The van der Waals surface area contributed by atoms with E-state index in [1.807, 2.05) is 50.5 Å². The number of carbonyl (C=O) groups excluding carboxylic acids is 1. The molecule has 0 saturated carbocycles. The Morgan fingerprint density at radius 3 is 2.32 bits per heavy atom. The van der Waals surface area contributed by atoms with Crippen molar-refractivity contribution < 1.29 is 19.0 Å². The Balaban J connectivity index is 1.84. The SMILES string of the molecule is CCCOc1ccc(OCC(=O)NCC(c2cccc(OC)c2)N(C)C)cc1. The van der Waals surface area contributed by atoms with Crippen LogP contribution in [0.2, 0.25) is 0 Å². The van der Waals surface area contributed by atoms with Gasteiger partial charge < -0.3 is 24.4 Å². The van der Waals surface area contributed by atoms with E-state index in [-0.39, 0.29) is 18.6 Å². The fourth-order valence-electron chi connectivity index (χ4n) is 2.71. The predicted octanol–water partition coefficient (Wildman–Crippen LogP) is 3.28. The smallest absolute Gasteiger partial charge is 0.258 e. The van der Waals surface area contributed by atoms with Crippen LogP contribution in [0.1, 0.15) is 24.9 Å². The van der Waals surface area contributed by atoms with Crippen molar-refractivity contribution in [2.75, 3.05) is 41.0 Å². The molecule has 0 aliphatic rings. The molecule has 1 amide bonds. The molecule has 1 unspecified atom stereocenters. The van der Waals surface area contributed by atoms with Crippen LogP contribution in [0, 0.1) is 0 Å². The maximum atomic E-state index is 12.2. The highest BCUT2D eigenvalue weighted by Gasteiger charge is 2.16. The Morgan fingerprint density at radius 1 is 1.04 bits per heavy atom. The van der Waals surface area contributed by atoms with Gasteiger partial charge in [0.2, 0.25) is 0 Å². The largest absolute Gasteiger partial charge is 0.497 e. The lowest BCUT2D eigenvalue weighted by molar-refractivity contribution is -0.123. The van der Waals surface area contributed by atoms with Gasteiger partial charge in [0.25, 0.3) is 5.91 Å². The summed E-state index contributed by atoms with van der Waals surface area (Å²) in [5.74, 6) is 2.06. The number of nitrogens with zero attached hydrogens (tertiary/aromatic N) is 1. The zero-order valence-corrected chi connectivity index (χ0v) is 17.1. The second kappa shape index (κ2) is 11.2. The zero-order valence-electron chi connectivity index (χ0n) is 17.1. The van der Waals surface area contributed by atoms with Crippen LogP contribution in [0.25, 0.3) is 0 Å². The van der Waals surface area contributed by atoms with Crippen LogP contribution < -0.4 is 19.5 Å². The third-order valence-electron chi connectivity index (χ3n) is 4.26. The van der Waals surface area contributed by atoms with Gasteiger partial charge in [-0.3, -0.25) is 4.79 Å². The average molecular weight is 386 g/mol. The van der Waals surface area contributed by atoms with Crippen molar-refractivity contribution in [3.8, 4) is 17.2 Å². The summed E-state index contributed by atoms with van der Waals surface area (Å²) < 4.78 is 16.4. The quantitative estimate of drug-likeness (QED) is 0.642. The highest BCUT2D eigenvalue weighted by Crippen LogP contribution is 2.22. The van der Waals surface area contributed by atoms with Gasteiger partial charge in [0.15, 0.2) is 6.61 Å². The molecule has 0 bridgehead atoms. The molecule has 0 aromatic heterocycles. The molecule has 0 aliphatic carbocycles. The van der Waals surface area contributed by atoms with Gasteiger partial charge in [-0.15, -0.1) is 0 Å². The number of hydrogen-bond donors (Lipinski definition) is 1. The van der Waals surface area contributed by atoms with Crippen LogP contribution in [0.5, 0.6) is 17.2 Å². The molecule has 2 aromatic carbocycles. The summed E-state index contributed by atoms with van der Waals surface area (Å²) in [5.41, 5.74) is 1.08. The Kier molecular flexibility index (Phi) is 8.62. The summed E-state index contributed by atoms with van der Waals surface area (Å²) in [6, 6.07) is 15.2. The number of amides is 1. The average Bonchev–Trinajstić information content (AvgIpc) is 2.71. The van der Waals surface area contributed by atoms with Gasteiger partial charge >= 0.3 is 0 Å². The molecule has 6 heteroatoms. The molecule has 0 saturated heterocycles. The van der Waals surface area contributed by atoms with Crippen molar-refractivity contribution in [2.24, 2.45) is 0 Å². The highest BCUT2D eigenvalue weighted by molar-refractivity contribution is 5.77. The van der Waals surface area contributed by atoms with Gasteiger partial charge in [0.05, 0.1) is 19.8 Å². The van der Waals surface area contributed by atoms with Crippen molar-refractivity contribution in [3.05, 3.63) is 54.1 Å². The number of likely N-dealkylation sites (N-methyl/N-ethyl adjacent to an activating group) is 1. The van der Waals surface area contributed by atoms with Gasteiger partial charge in [0, 0.05) is 6.54 Å². The van der Waals surface area contributed by atoms with Crippen LogP contribution in [0.3, 0.4) is 0 Å². The number of benzene rings is 2. The van der Waals surface area contributed by atoms with Crippen molar-refractivity contribution in [2.45, 2.75) is 19.4 Å². The minimum absolute atomic E-state index is 0.0343. The minimum Gasteiger partial charge on any atom is -0.497 e. The van der Waals surface area contributed by atoms with Crippen molar-refractivity contribution in [1.82, 2.24) is 10.2 Å². The first-order valence-electron chi connectivity index (χ1n) is 9.46. The summed E-state index contributed by atoms with van der Waals surface area (Å²) in [7, 11) is 5.61. The first-order valence-corrected chi connectivity index (χ1v) is 9.46. The van der Waals surface area contributed by atoms with Crippen molar-refractivity contribution in [3.63, 3.8) is 0 Å². The molecule has 0 aliphatic heterocycles. The van der Waals surface area contributed by atoms with E-state index in [1.165, 1.54) is 0 Å². The second-order valence-electron chi connectivity index (χ2n) is 6.67. The molecule has 28 heavy (non-hydrogen) atoms. The lowest BCUT2D eigenvalue weighted by Crippen LogP contribution is -2.36. The lowest BCUT2D eigenvalue weighted by Gasteiger charge is -2.25. The maximum Gasteiger partial charge on any atom is 0.258 e. The van der Waals surface area contributed by atoms with E-state index in [9.17, 15) is 4.79 Å². The van der Waals surface area contributed by atoms with Crippen LogP contribution in [-0.2, 0) is 4.79 Å². The maximum absolute atomic E-state index is 12.2. The topological polar surface area (TPSA) is 60.0 Å². The molecule has 0 radical (unpaired) electrons. The predicted molar refractivity (Wildman–Crippen MR) is 110 cm³/mol. The van der Waals surface area contributed by atoms with E-state index < -0.39 is 0 Å². The first kappa shape index (κ1) is 21.6. The monoisotopic (exact) mass is 386 g/mol. The molecule has 2 rings (SSSR count). The Hall–Kier alpha value is -2.73. The summed E-state index contributed by atoms with van der Waals surface area (Å²) in [4.78, 5) is 14.3. The normalized spacial score (nSPS) is 11.8. The molecule has 0 fully saturated rings. The zero-order chi connectivity index (χ0) is 20.4. The molecule has 1 N–H and O–H groups in total. The van der Waals surface area contributed by atoms with Gasteiger partial charge in [-0.2, -0.15) is 0 Å². The van der Waals surface area contributed by atoms with Gasteiger partial charge in [0.1, 0.15) is 17.2 Å². The van der Waals surface area contributed by atoms with E-state index in [4.69, 9.17) is 14.2 Å². The van der Waals surface area contributed by atoms with Gasteiger partial charge in [-0.25, -0.2) is 0 Å². The first-order chi connectivity index (χ1) is 13.5. The minimum atomic E-state index is -0.166. The highest BCUT2D eigenvalue weighted by atomic mass is 16.5. The number of rotatable bonds is 11. The molecule has 2 aromatic rings. The summed E-state index contributed by atoms with van der Waals surface area (Å²) >= 11 is 0. The molecule has 1 atom stereocenters. The molecular formula is C22H30N2O4. The van der Waals surface area contributed by atoms with Gasteiger partial charge in [-0.1, -0.05) is 19.1 Å². The number of nitrogens with one attached hydrogen (secondary N) is 1. The standard InChI is InChI=1S/C22H30N2O4/c1-5-13-27-18-9-11-19(12-10-18)28-16-22(25)23-15-21(24(2)3)17-7-6-8-20(14-17)26-4/h6-12,14,21H,5,13,15-16H2,1-4H3,(H,23,25). The van der Waals surface area contributed by atoms with Gasteiger partial charge in [-0.05, 0) is 62.5 Å². The molecule has 0 heterocycles.